The van der Waals surface area contributed by atoms with E-state index in [2.05, 4.69) is 48.9 Å². The summed E-state index contributed by atoms with van der Waals surface area (Å²) in [7, 11) is 0. The molecule has 0 bridgehead atoms. The molecule has 3 rings (SSSR count). The Hall–Kier alpha value is -2.40. The van der Waals surface area contributed by atoms with E-state index in [4.69, 9.17) is 9.84 Å². The average Bonchev–Trinajstić information content (AvgIpc) is 2.69. The average molecular weight is 354 g/mol. The zero-order valence-corrected chi connectivity index (χ0v) is 15.7. The van der Waals surface area contributed by atoms with Gasteiger partial charge in [0.15, 0.2) is 0 Å². The highest BCUT2D eigenvalue weighted by atomic mass is 16.5. The zero-order valence-electron chi connectivity index (χ0n) is 15.7. The maximum atomic E-state index is 10.8. The van der Waals surface area contributed by atoms with Gasteiger partial charge in [-0.1, -0.05) is 24.3 Å². The van der Waals surface area contributed by atoms with E-state index in [1.165, 1.54) is 11.1 Å². The monoisotopic (exact) mass is 354 g/mol. The van der Waals surface area contributed by atoms with Gasteiger partial charge in [-0.05, 0) is 49.9 Å². The summed E-state index contributed by atoms with van der Waals surface area (Å²) < 4.78 is 6.11. The molecular weight excluding hydrogens is 328 g/mol. The van der Waals surface area contributed by atoms with Crippen molar-refractivity contribution >= 4 is 5.97 Å². The summed E-state index contributed by atoms with van der Waals surface area (Å²) in [6.07, 6.45) is 2.48. The first-order valence-electron chi connectivity index (χ1n) is 8.98. The number of carbonyl (C=O) groups is 1. The van der Waals surface area contributed by atoms with Gasteiger partial charge in [-0.25, -0.2) is 4.98 Å². The van der Waals surface area contributed by atoms with E-state index < -0.39 is 5.97 Å². The van der Waals surface area contributed by atoms with Gasteiger partial charge in [0.2, 0.25) is 5.88 Å². The molecule has 0 atom stereocenters. The standard InChI is InChI=1S/C21H26N2O3/c1-15-6-7-16(8-9-19(24)25)11-18(15)13-23-12-17-5-4-10-22-20(17)26-21(2,3)14-23/h4-7,10-11H,8-9,12-14H2,1-3H3,(H,24,25). The Kier molecular flexibility index (Phi) is 5.28. The van der Waals surface area contributed by atoms with Crippen LogP contribution in [0.1, 0.15) is 42.5 Å². The first kappa shape index (κ1) is 18.4. The van der Waals surface area contributed by atoms with Gasteiger partial charge in [0, 0.05) is 37.8 Å². The van der Waals surface area contributed by atoms with Crippen LogP contribution in [0.3, 0.4) is 0 Å². The topological polar surface area (TPSA) is 62.7 Å². The fraction of sp³-hybridized carbons (Fsp3) is 0.429. The lowest BCUT2D eigenvalue weighted by Gasteiger charge is -2.29. The second-order valence-corrected chi connectivity index (χ2v) is 7.63. The van der Waals surface area contributed by atoms with Crippen LogP contribution in [0.15, 0.2) is 36.5 Å². The number of aromatic nitrogens is 1. The van der Waals surface area contributed by atoms with Gasteiger partial charge in [-0.3, -0.25) is 9.69 Å². The molecule has 2 heterocycles. The Morgan fingerprint density at radius 2 is 2.15 bits per heavy atom. The van der Waals surface area contributed by atoms with Crippen LogP contribution in [-0.4, -0.2) is 33.1 Å². The molecule has 0 fully saturated rings. The summed E-state index contributed by atoms with van der Waals surface area (Å²) >= 11 is 0. The number of fused-ring (bicyclic) bond motifs is 1. The van der Waals surface area contributed by atoms with Gasteiger partial charge in [-0.15, -0.1) is 0 Å². The molecule has 0 aliphatic carbocycles. The van der Waals surface area contributed by atoms with Gasteiger partial charge in [-0.2, -0.15) is 0 Å². The molecular formula is C21H26N2O3. The third kappa shape index (κ3) is 4.61. The lowest BCUT2D eigenvalue weighted by molar-refractivity contribution is -0.136. The van der Waals surface area contributed by atoms with Crippen molar-refractivity contribution in [1.29, 1.82) is 0 Å². The summed E-state index contributed by atoms with van der Waals surface area (Å²) in [5.74, 6) is -0.0467. The summed E-state index contributed by atoms with van der Waals surface area (Å²) in [6.45, 7) is 8.65. The second-order valence-electron chi connectivity index (χ2n) is 7.63. The van der Waals surface area contributed by atoms with Crippen molar-refractivity contribution in [3.8, 4) is 5.88 Å². The number of carboxylic acids is 1. The van der Waals surface area contributed by atoms with Gasteiger partial charge in [0.05, 0.1) is 0 Å². The van der Waals surface area contributed by atoms with E-state index in [-0.39, 0.29) is 12.0 Å². The molecule has 0 spiro atoms. The maximum Gasteiger partial charge on any atom is 0.303 e. The molecule has 0 amide bonds. The molecule has 0 radical (unpaired) electrons. The maximum absolute atomic E-state index is 10.8. The smallest absolute Gasteiger partial charge is 0.303 e. The summed E-state index contributed by atoms with van der Waals surface area (Å²) in [4.78, 5) is 17.6. The Labute approximate surface area is 154 Å². The number of ether oxygens (including phenoxy) is 1. The van der Waals surface area contributed by atoms with Crippen LogP contribution < -0.4 is 4.74 Å². The van der Waals surface area contributed by atoms with E-state index in [0.29, 0.717) is 12.3 Å². The molecule has 5 heteroatoms. The minimum Gasteiger partial charge on any atom is -0.481 e. The largest absolute Gasteiger partial charge is 0.481 e. The number of pyridine rings is 1. The molecule has 2 aromatic rings. The highest BCUT2D eigenvalue weighted by molar-refractivity contribution is 5.67. The third-order valence-corrected chi connectivity index (χ3v) is 4.66. The van der Waals surface area contributed by atoms with Crippen LogP contribution in [0.2, 0.25) is 0 Å². The summed E-state index contributed by atoms with van der Waals surface area (Å²) in [5, 5.41) is 8.91. The number of aliphatic carboxylic acids is 1. The van der Waals surface area contributed by atoms with Crippen molar-refractivity contribution in [3.05, 3.63) is 58.8 Å². The molecule has 26 heavy (non-hydrogen) atoms. The van der Waals surface area contributed by atoms with E-state index >= 15 is 0 Å². The van der Waals surface area contributed by atoms with Crippen LogP contribution in [0.5, 0.6) is 5.88 Å². The molecule has 1 aliphatic rings. The Bertz CT molecular complexity index is 802. The first-order valence-corrected chi connectivity index (χ1v) is 8.98. The number of nitrogens with zero attached hydrogens (tertiary/aromatic N) is 2. The Morgan fingerprint density at radius 3 is 2.92 bits per heavy atom. The van der Waals surface area contributed by atoms with Crippen LogP contribution in [0, 0.1) is 6.92 Å². The minimum atomic E-state index is -0.761. The minimum absolute atomic E-state index is 0.159. The molecule has 1 aromatic heterocycles. The van der Waals surface area contributed by atoms with E-state index in [1.54, 1.807) is 6.20 Å². The molecule has 5 nitrogen and oxygen atoms in total. The van der Waals surface area contributed by atoms with Gasteiger partial charge in [0.25, 0.3) is 0 Å². The predicted octanol–water partition coefficient (Wildman–Crippen LogP) is 3.58. The highest BCUT2D eigenvalue weighted by Crippen LogP contribution is 2.28. The molecule has 138 valence electrons. The number of hydrogen-bond donors (Lipinski definition) is 1. The van der Waals surface area contributed by atoms with E-state index in [1.807, 2.05) is 12.1 Å². The first-order chi connectivity index (χ1) is 12.3. The van der Waals surface area contributed by atoms with Gasteiger partial charge >= 0.3 is 5.97 Å². The molecule has 1 aromatic carbocycles. The molecule has 0 saturated heterocycles. The van der Waals surface area contributed by atoms with Gasteiger partial charge < -0.3 is 9.84 Å². The summed E-state index contributed by atoms with van der Waals surface area (Å²) in [6, 6.07) is 10.3. The fourth-order valence-corrected chi connectivity index (χ4v) is 3.42. The number of benzene rings is 1. The second kappa shape index (κ2) is 7.46. The Morgan fingerprint density at radius 1 is 1.35 bits per heavy atom. The molecule has 1 N–H and O–H groups in total. The van der Waals surface area contributed by atoms with Crippen LogP contribution in [-0.2, 0) is 24.3 Å². The molecule has 0 saturated carbocycles. The lowest BCUT2D eigenvalue weighted by Crippen LogP contribution is -2.40. The zero-order chi connectivity index (χ0) is 18.7. The fourth-order valence-electron chi connectivity index (χ4n) is 3.42. The van der Waals surface area contributed by atoms with E-state index in [9.17, 15) is 4.79 Å². The number of aryl methyl sites for hydroxylation is 2. The van der Waals surface area contributed by atoms with Crippen molar-refractivity contribution in [2.75, 3.05) is 6.54 Å². The molecule has 1 aliphatic heterocycles. The van der Waals surface area contributed by atoms with Crippen LogP contribution >= 0.6 is 0 Å². The van der Waals surface area contributed by atoms with Gasteiger partial charge in [0.1, 0.15) is 5.60 Å². The highest BCUT2D eigenvalue weighted by Gasteiger charge is 2.29. The quantitative estimate of drug-likeness (QED) is 0.889. The summed E-state index contributed by atoms with van der Waals surface area (Å²) in [5.41, 5.74) is 4.29. The lowest BCUT2D eigenvalue weighted by atomic mass is 10.0. The number of carboxylic acid groups (broad SMARTS) is 1. The van der Waals surface area contributed by atoms with Crippen molar-refractivity contribution in [2.45, 2.75) is 52.3 Å². The van der Waals surface area contributed by atoms with Crippen molar-refractivity contribution in [3.63, 3.8) is 0 Å². The SMILES string of the molecule is Cc1ccc(CCC(=O)O)cc1CN1Cc2cccnc2OC(C)(C)C1. The molecule has 0 unspecified atom stereocenters. The normalized spacial score (nSPS) is 16.4. The number of rotatable bonds is 5. The Balaban J connectivity index is 1.81. The van der Waals surface area contributed by atoms with Crippen LogP contribution in [0.25, 0.3) is 0 Å². The van der Waals surface area contributed by atoms with E-state index in [0.717, 1.165) is 30.8 Å². The number of hydrogen-bond acceptors (Lipinski definition) is 4. The van der Waals surface area contributed by atoms with Crippen molar-refractivity contribution < 1.29 is 14.6 Å². The van der Waals surface area contributed by atoms with Crippen molar-refractivity contribution in [2.24, 2.45) is 0 Å². The van der Waals surface area contributed by atoms with Crippen molar-refractivity contribution in [1.82, 2.24) is 9.88 Å². The third-order valence-electron chi connectivity index (χ3n) is 4.66. The predicted molar refractivity (Wildman–Crippen MR) is 100 cm³/mol. The van der Waals surface area contributed by atoms with Crippen LogP contribution in [0.4, 0.5) is 0 Å².